The van der Waals surface area contributed by atoms with E-state index in [9.17, 15) is 14.4 Å². The first kappa shape index (κ1) is 12.2. The molecule has 0 radical (unpaired) electrons. The maximum Gasteiger partial charge on any atom is 0.322 e. The molecule has 1 fully saturated rings. The van der Waals surface area contributed by atoms with E-state index in [-0.39, 0.29) is 12.3 Å². The number of rotatable bonds is 5. The molecule has 0 aromatic carbocycles. The van der Waals surface area contributed by atoms with Gasteiger partial charge in [-0.1, -0.05) is 22.6 Å². The predicted octanol–water partition coefficient (Wildman–Crippen LogP) is -0.474. The Labute approximate surface area is 101 Å². The number of nitrogens with one attached hydrogen (secondary N) is 3. The molecule has 1 aliphatic rings. The van der Waals surface area contributed by atoms with Crippen LogP contribution < -0.4 is 16.0 Å². The van der Waals surface area contributed by atoms with Gasteiger partial charge in [0.2, 0.25) is 5.91 Å². The minimum absolute atomic E-state index is 0.00117. The van der Waals surface area contributed by atoms with Crippen LogP contribution in [0.15, 0.2) is 0 Å². The molecule has 1 atom stereocenters. The summed E-state index contributed by atoms with van der Waals surface area (Å²) in [7, 11) is 0. The van der Waals surface area contributed by atoms with E-state index >= 15 is 0 Å². The molecule has 0 aliphatic carbocycles. The van der Waals surface area contributed by atoms with Gasteiger partial charge < -0.3 is 10.6 Å². The molecule has 1 saturated heterocycles. The average Bonchev–Trinajstić information content (AvgIpc) is 2.45. The molecule has 0 aromatic heterocycles. The van der Waals surface area contributed by atoms with Crippen LogP contribution in [0.1, 0.15) is 12.8 Å². The van der Waals surface area contributed by atoms with Crippen LogP contribution in [0.25, 0.3) is 0 Å². The van der Waals surface area contributed by atoms with Gasteiger partial charge >= 0.3 is 6.03 Å². The minimum Gasteiger partial charge on any atom is -0.356 e. The molecule has 6 nitrogen and oxygen atoms in total. The normalized spacial score (nSPS) is 19.7. The third-order valence-corrected chi connectivity index (χ3v) is 2.64. The first-order valence-electron chi connectivity index (χ1n) is 4.57. The van der Waals surface area contributed by atoms with Crippen molar-refractivity contribution < 1.29 is 14.4 Å². The first-order chi connectivity index (χ1) is 7.13. The van der Waals surface area contributed by atoms with Crippen molar-refractivity contribution in [1.29, 1.82) is 0 Å². The molecular formula is C8H12IN3O3. The van der Waals surface area contributed by atoms with Gasteiger partial charge in [-0.3, -0.25) is 14.9 Å². The largest absolute Gasteiger partial charge is 0.356 e. The second-order valence-corrected chi connectivity index (χ2v) is 4.19. The van der Waals surface area contributed by atoms with Crippen molar-refractivity contribution in [1.82, 2.24) is 16.0 Å². The topological polar surface area (TPSA) is 87.3 Å². The number of carbonyl (C=O) groups excluding carboxylic acids is 3. The molecule has 0 aromatic rings. The Balaban J connectivity index is 2.26. The van der Waals surface area contributed by atoms with Crippen molar-refractivity contribution in [2.24, 2.45) is 0 Å². The summed E-state index contributed by atoms with van der Waals surface area (Å²) in [6.07, 6.45) is 0.897. The van der Waals surface area contributed by atoms with Crippen LogP contribution in [0.5, 0.6) is 0 Å². The van der Waals surface area contributed by atoms with Crippen LogP contribution in [-0.2, 0) is 9.59 Å². The molecular weight excluding hydrogens is 313 g/mol. The summed E-state index contributed by atoms with van der Waals surface area (Å²) in [4.78, 5) is 33.1. The van der Waals surface area contributed by atoms with Crippen molar-refractivity contribution >= 4 is 40.4 Å². The second-order valence-electron chi connectivity index (χ2n) is 3.11. The van der Waals surface area contributed by atoms with Crippen molar-refractivity contribution in [3.05, 3.63) is 0 Å². The quantitative estimate of drug-likeness (QED) is 0.276. The van der Waals surface area contributed by atoms with E-state index < -0.39 is 18.0 Å². The number of halogens is 1. The van der Waals surface area contributed by atoms with Crippen molar-refractivity contribution in [2.45, 2.75) is 18.9 Å². The van der Waals surface area contributed by atoms with Gasteiger partial charge in [0.1, 0.15) is 6.04 Å². The number of urea groups is 1. The molecule has 15 heavy (non-hydrogen) atoms. The minimum atomic E-state index is -0.725. The number of imide groups is 1. The van der Waals surface area contributed by atoms with Crippen LogP contribution in [0.2, 0.25) is 0 Å². The van der Waals surface area contributed by atoms with E-state index in [2.05, 4.69) is 38.5 Å². The fraction of sp³-hybridized carbons (Fsp3) is 0.625. The Bertz CT molecular complexity index is 282. The summed E-state index contributed by atoms with van der Waals surface area (Å²) in [6, 6.07) is -1.26. The molecule has 0 bridgehead atoms. The summed E-state index contributed by atoms with van der Waals surface area (Å²) < 4.78 is 0.971. The molecule has 1 unspecified atom stereocenters. The third-order valence-electron chi connectivity index (χ3n) is 1.88. The van der Waals surface area contributed by atoms with Gasteiger partial charge in [0, 0.05) is 11.0 Å². The Morgan fingerprint density at radius 2 is 2.20 bits per heavy atom. The maximum atomic E-state index is 11.3. The average molecular weight is 325 g/mol. The molecule has 1 heterocycles. The Morgan fingerprint density at radius 1 is 1.47 bits per heavy atom. The standard InChI is InChI=1S/C8H12IN3O3/c9-2-1-3-10-6(13)4-5-7(14)12-8(15)11-5/h5H,1-4H2,(H,10,13)(H2,11,12,14,15). The predicted molar refractivity (Wildman–Crippen MR) is 61.6 cm³/mol. The van der Waals surface area contributed by atoms with E-state index in [1.165, 1.54) is 0 Å². The van der Waals surface area contributed by atoms with Crippen molar-refractivity contribution in [3.8, 4) is 0 Å². The summed E-state index contributed by atoms with van der Waals surface area (Å²) in [5.41, 5.74) is 0. The highest BCUT2D eigenvalue weighted by atomic mass is 127. The van der Waals surface area contributed by atoms with Gasteiger partial charge in [-0.25, -0.2) is 4.79 Å². The van der Waals surface area contributed by atoms with Crippen LogP contribution in [0, 0.1) is 0 Å². The first-order valence-corrected chi connectivity index (χ1v) is 6.10. The summed E-state index contributed by atoms with van der Waals surface area (Å²) in [6.45, 7) is 0.601. The third kappa shape index (κ3) is 4.02. The lowest BCUT2D eigenvalue weighted by atomic mass is 10.2. The molecule has 3 N–H and O–H groups in total. The smallest absolute Gasteiger partial charge is 0.322 e. The fourth-order valence-electron chi connectivity index (χ4n) is 1.15. The zero-order valence-electron chi connectivity index (χ0n) is 8.01. The van der Waals surface area contributed by atoms with Gasteiger partial charge in [-0.15, -0.1) is 0 Å². The summed E-state index contributed by atoms with van der Waals surface area (Å²) >= 11 is 2.22. The van der Waals surface area contributed by atoms with Crippen LogP contribution in [0.3, 0.4) is 0 Å². The molecule has 0 spiro atoms. The highest BCUT2D eigenvalue weighted by Gasteiger charge is 2.30. The zero-order chi connectivity index (χ0) is 11.3. The zero-order valence-corrected chi connectivity index (χ0v) is 10.2. The lowest BCUT2D eigenvalue weighted by Gasteiger charge is -2.07. The highest BCUT2D eigenvalue weighted by molar-refractivity contribution is 14.1. The number of amides is 4. The molecule has 4 amide bonds. The molecule has 1 rings (SSSR count). The Kier molecular flexibility index (Phi) is 4.79. The van der Waals surface area contributed by atoms with Gasteiger partial charge in [0.25, 0.3) is 5.91 Å². The Morgan fingerprint density at radius 3 is 2.73 bits per heavy atom. The SMILES string of the molecule is O=C(CC1NC(=O)NC1=O)NCCCI. The van der Waals surface area contributed by atoms with Crippen molar-refractivity contribution in [3.63, 3.8) is 0 Å². The van der Waals surface area contributed by atoms with E-state index in [0.717, 1.165) is 10.8 Å². The Hall–Kier alpha value is -0.860. The van der Waals surface area contributed by atoms with E-state index in [0.29, 0.717) is 6.54 Å². The maximum absolute atomic E-state index is 11.3. The fourth-order valence-corrected chi connectivity index (χ4v) is 1.54. The van der Waals surface area contributed by atoms with Gasteiger partial charge in [-0.05, 0) is 6.42 Å². The molecule has 7 heteroatoms. The van der Waals surface area contributed by atoms with E-state index in [4.69, 9.17) is 0 Å². The number of carbonyl (C=O) groups is 3. The van der Waals surface area contributed by atoms with E-state index in [1.54, 1.807) is 0 Å². The second kappa shape index (κ2) is 5.89. The lowest BCUT2D eigenvalue weighted by Crippen LogP contribution is -2.36. The van der Waals surface area contributed by atoms with Gasteiger partial charge in [-0.2, -0.15) is 0 Å². The van der Waals surface area contributed by atoms with E-state index in [1.807, 2.05) is 0 Å². The molecule has 0 saturated carbocycles. The lowest BCUT2D eigenvalue weighted by molar-refractivity contribution is -0.126. The number of alkyl halides is 1. The van der Waals surface area contributed by atoms with Gasteiger partial charge in [0.15, 0.2) is 0 Å². The number of hydrogen-bond donors (Lipinski definition) is 3. The highest BCUT2D eigenvalue weighted by Crippen LogP contribution is 1.98. The van der Waals surface area contributed by atoms with Crippen LogP contribution >= 0.6 is 22.6 Å². The number of hydrogen-bond acceptors (Lipinski definition) is 3. The van der Waals surface area contributed by atoms with Crippen molar-refractivity contribution in [2.75, 3.05) is 11.0 Å². The molecule has 1 aliphatic heterocycles. The molecule has 84 valence electrons. The summed E-state index contributed by atoms with van der Waals surface area (Å²) in [5, 5.41) is 7.10. The summed E-state index contributed by atoms with van der Waals surface area (Å²) in [5.74, 6) is -0.661. The van der Waals surface area contributed by atoms with Crippen LogP contribution in [-0.4, -0.2) is 34.9 Å². The van der Waals surface area contributed by atoms with Crippen LogP contribution in [0.4, 0.5) is 4.79 Å². The van der Waals surface area contributed by atoms with Gasteiger partial charge in [0.05, 0.1) is 6.42 Å². The monoisotopic (exact) mass is 325 g/mol.